The van der Waals surface area contributed by atoms with Gasteiger partial charge in [-0.05, 0) is 138 Å². The lowest BCUT2D eigenvalue weighted by Crippen LogP contribution is -1.98. The summed E-state index contributed by atoms with van der Waals surface area (Å²) in [7, 11) is 0. The first-order valence-corrected chi connectivity index (χ1v) is 22.0. The lowest BCUT2D eigenvalue weighted by atomic mass is 9.77. The number of fused-ring (bicyclic) bond motifs is 4. The van der Waals surface area contributed by atoms with E-state index in [0.717, 1.165) is 65.8 Å². The lowest BCUT2D eigenvalue weighted by molar-refractivity contribution is 1.38. The number of nitrogens with zero attached hydrogens (tertiary/aromatic N) is 2. The molecule has 5 heteroatoms. The van der Waals surface area contributed by atoms with E-state index < -0.39 is 0 Å². The average Bonchev–Trinajstić information content (AvgIpc) is 3.75. The number of thiazole rings is 1. The van der Waals surface area contributed by atoms with Crippen molar-refractivity contribution in [1.82, 2.24) is 4.98 Å². The number of nitrogens with two attached hydrogens (primary N) is 2. The van der Waals surface area contributed by atoms with E-state index in [1.165, 1.54) is 65.7 Å². The molecule has 0 atom stereocenters. The van der Waals surface area contributed by atoms with Crippen molar-refractivity contribution in [3.05, 3.63) is 205 Å². The molecular formula is C58H42N4S. The molecule has 0 aliphatic heterocycles. The van der Waals surface area contributed by atoms with E-state index in [0.29, 0.717) is 0 Å². The highest BCUT2D eigenvalue weighted by Gasteiger charge is 2.26. The third kappa shape index (κ3) is 6.71. The first-order valence-electron chi connectivity index (χ1n) is 21.2. The van der Waals surface area contributed by atoms with Crippen LogP contribution in [0, 0.1) is 6.92 Å². The van der Waals surface area contributed by atoms with Crippen LogP contribution in [0.3, 0.4) is 0 Å². The van der Waals surface area contributed by atoms with Gasteiger partial charge in [0.15, 0.2) is 0 Å². The van der Waals surface area contributed by atoms with Crippen molar-refractivity contribution in [2.75, 3.05) is 11.5 Å². The number of aliphatic imine (C=N–C) groups is 1. The van der Waals surface area contributed by atoms with Gasteiger partial charge in [-0.1, -0.05) is 158 Å². The van der Waals surface area contributed by atoms with Crippen LogP contribution in [0.4, 0.5) is 17.1 Å². The lowest BCUT2D eigenvalue weighted by Gasteiger charge is -2.25. The summed E-state index contributed by atoms with van der Waals surface area (Å²) in [4.78, 5) is 10.0. The maximum atomic E-state index is 6.15. The topological polar surface area (TPSA) is 77.3 Å². The monoisotopic (exact) mass is 826 g/mol. The molecule has 0 amide bonds. The van der Waals surface area contributed by atoms with E-state index in [-0.39, 0.29) is 0 Å². The molecule has 11 aromatic rings. The van der Waals surface area contributed by atoms with Crippen LogP contribution in [0.15, 0.2) is 199 Å². The van der Waals surface area contributed by atoms with Crippen molar-refractivity contribution in [3.63, 3.8) is 0 Å². The van der Waals surface area contributed by atoms with E-state index in [2.05, 4.69) is 172 Å². The summed E-state index contributed by atoms with van der Waals surface area (Å²) < 4.78 is 1.09. The summed E-state index contributed by atoms with van der Waals surface area (Å²) in [5.74, 6) is 0. The number of benzene rings is 10. The van der Waals surface area contributed by atoms with Crippen LogP contribution in [0.1, 0.15) is 18.1 Å². The van der Waals surface area contributed by atoms with Crippen LogP contribution < -0.4 is 11.5 Å². The first-order chi connectivity index (χ1) is 30.9. The van der Waals surface area contributed by atoms with Crippen LogP contribution in [-0.2, 0) is 0 Å². The Morgan fingerprint density at radius 3 is 1.40 bits per heavy atom. The number of aryl methyl sites for hydroxylation is 1. The first kappa shape index (κ1) is 38.1. The standard InChI is InChI=1S/C58H42N4S/c1-35-33-43(59)29-31-49(35)61-36(2)37-21-23-40(24-22-37)54-47-19-11-12-20-48(47)55(41-25-27-42(28-26-41)58-62-50-32-30-44(60)34-51(50)63-58)57-53(39-15-7-4-8-16-39)46-18-10-9-17-45(46)52(56(54)57)38-13-5-3-6-14-38/h3-34H,59-60H2,1-2H3. The summed E-state index contributed by atoms with van der Waals surface area (Å²) in [5.41, 5.74) is 29.2. The highest BCUT2D eigenvalue weighted by atomic mass is 32.1. The minimum atomic E-state index is 0.741. The van der Waals surface area contributed by atoms with Crippen LogP contribution in [0.2, 0.25) is 0 Å². The molecule has 4 N–H and O–H groups in total. The zero-order valence-electron chi connectivity index (χ0n) is 34.9. The van der Waals surface area contributed by atoms with Crippen LogP contribution >= 0.6 is 11.3 Å². The van der Waals surface area contributed by atoms with Gasteiger partial charge in [0.05, 0.1) is 15.9 Å². The molecule has 4 nitrogen and oxygen atoms in total. The molecule has 0 saturated carbocycles. The molecule has 1 heterocycles. The number of nitrogen functional groups attached to an aromatic ring is 2. The quantitative estimate of drug-likeness (QED) is 0.0954. The van der Waals surface area contributed by atoms with Crippen LogP contribution in [0.25, 0.3) is 97.6 Å². The number of aromatic nitrogens is 1. The van der Waals surface area contributed by atoms with Gasteiger partial charge < -0.3 is 11.5 Å². The van der Waals surface area contributed by atoms with Crippen molar-refractivity contribution in [1.29, 1.82) is 0 Å². The Morgan fingerprint density at radius 2 is 0.889 bits per heavy atom. The number of hydrogen-bond acceptors (Lipinski definition) is 5. The summed E-state index contributed by atoms with van der Waals surface area (Å²) in [6.07, 6.45) is 0. The van der Waals surface area contributed by atoms with E-state index >= 15 is 0 Å². The summed E-state index contributed by atoms with van der Waals surface area (Å²) in [5, 5.41) is 8.21. The SMILES string of the molecule is CC(=Nc1ccc(N)cc1C)c1ccc(-c2c3ccccc3c(-c3ccc(-c4nc5ccc(N)cc5s4)cc3)c3c(-c4ccccc4)c4ccccc4c(-c4ccccc4)c23)cc1. The fourth-order valence-electron chi connectivity index (χ4n) is 9.31. The van der Waals surface area contributed by atoms with Gasteiger partial charge in [0.25, 0.3) is 0 Å². The minimum absolute atomic E-state index is 0.741. The van der Waals surface area contributed by atoms with Crippen LogP contribution in [0.5, 0.6) is 0 Å². The molecule has 0 aliphatic rings. The molecule has 0 bridgehead atoms. The molecule has 0 unspecified atom stereocenters. The largest absolute Gasteiger partial charge is 0.399 e. The molecule has 0 aliphatic carbocycles. The zero-order chi connectivity index (χ0) is 42.6. The van der Waals surface area contributed by atoms with E-state index in [4.69, 9.17) is 21.4 Å². The third-order valence-electron chi connectivity index (χ3n) is 12.2. The van der Waals surface area contributed by atoms with Gasteiger partial charge in [0.1, 0.15) is 5.01 Å². The summed E-state index contributed by atoms with van der Waals surface area (Å²) >= 11 is 1.67. The molecule has 300 valence electrons. The summed E-state index contributed by atoms with van der Waals surface area (Å²) in [6.45, 7) is 4.13. The predicted octanol–water partition coefficient (Wildman–Crippen LogP) is 15.7. The van der Waals surface area contributed by atoms with Gasteiger partial charge in [-0.25, -0.2) is 4.98 Å². The van der Waals surface area contributed by atoms with Gasteiger partial charge in [0.2, 0.25) is 0 Å². The maximum Gasteiger partial charge on any atom is 0.124 e. The third-order valence-corrected chi connectivity index (χ3v) is 13.3. The van der Waals surface area contributed by atoms with Crippen molar-refractivity contribution in [2.45, 2.75) is 13.8 Å². The highest BCUT2D eigenvalue weighted by molar-refractivity contribution is 7.21. The van der Waals surface area contributed by atoms with Crippen molar-refractivity contribution in [2.24, 2.45) is 4.99 Å². The Balaban J connectivity index is 1.24. The van der Waals surface area contributed by atoms with Gasteiger partial charge in [-0.2, -0.15) is 0 Å². The molecule has 0 fully saturated rings. The highest BCUT2D eigenvalue weighted by Crippen LogP contribution is 2.53. The maximum absolute atomic E-state index is 6.15. The Hall–Kier alpha value is -7.86. The summed E-state index contributed by atoms with van der Waals surface area (Å²) in [6, 6.07) is 69.5. The smallest absolute Gasteiger partial charge is 0.124 e. The molecule has 11 rings (SSSR count). The van der Waals surface area contributed by atoms with Gasteiger partial charge >= 0.3 is 0 Å². The van der Waals surface area contributed by atoms with Gasteiger partial charge in [-0.15, -0.1) is 11.3 Å². The molecule has 1 aromatic heterocycles. The molecule has 63 heavy (non-hydrogen) atoms. The number of hydrogen-bond donors (Lipinski definition) is 2. The van der Waals surface area contributed by atoms with Crippen molar-refractivity contribution >= 4 is 76.6 Å². The normalized spacial score (nSPS) is 11.9. The predicted molar refractivity (Wildman–Crippen MR) is 271 cm³/mol. The van der Waals surface area contributed by atoms with E-state index in [1.54, 1.807) is 11.3 Å². The second-order valence-electron chi connectivity index (χ2n) is 16.2. The number of anilines is 2. The second-order valence-corrected chi connectivity index (χ2v) is 17.2. The van der Waals surface area contributed by atoms with Crippen molar-refractivity contribution in [3.8, 4) is 55.1 Å². The molecule has 0 saturated heterocycles. The van der Waals surface area contributed by atoms with Crippen molar-refractivity contribution < 1.29 is 0 Å². The zero-order valence-corrected chi connectivity index (χ0v) is 35.7. The van der Waals surface area contributed by atoms with Gasteiger partial charge in [0, 0.05) is 22.6 Å². The molecular weight excluding hydrogens is 785 g/mol. The van der Waals surface area contributed by atoms with E-state index in [9.17, 15) is 0 Å². The average molecular weight is 827 g/mol. The fraction of sp³-hybridized carbons (Fsp3) is 0.0345. The minimum Gasteiger partial charge on any atom is -0.399 e. The Labute approximate surface area is 370 Å². The van der Waals surface area contributed by atoms with Crippen LogP contribution in [-0.4, -0.2) is 10.7 Å². The van der Waals surface area contributed by atoms with Gasteiger partial charge in [-0.3, -0.25) is 4.99 Å². The Kier molecular flexibility index (Phi) is 9.40. The fourth-order valence-corrected chi connectivity index (χ4v) is 10.3. The molecule has 0 radical (unpaired) electrons. The second kappa shape index (κ2) is 15.6. The Morgan fingerprint density at radius 1 is 0.460 bits per heavy atom. The molecule has 10 aromatic carbocycles. The molecule has 0 spiro atoms. The number of rotatable bonds is 7. The van der Waals surface area contributed by atoms with E-state index in [1.807, 2.05) is 36.4 Å². The Bertz CT molecular complexity index is 3570.